The van der Waals surface area contributed by atoms with E-state index in [4.69, 9.17) is 4.74 Å². The molecule has 4 fully saturated rings. The number of H-pyrrole nitrogens is 1. The fourth-order valence-electron chi connectivity index (χ4n) is 12.4. The number of ether oxygens (including phenoxy) is 1. The van der Waals surface area contributed by atoms with Gasteiger partial charge in [0.15, 0.2) is 0 Å². The quantitative estimate of drug-likeness (QED) is 0.0563. The van der Waals surface area contributed by atoms with E-state index in [2.05, 4.69) is 102 Å². The van der Waals surface area contributed by atoms with E-state index in [9.17, 15) is 28.4 Å². The van der Waals surface area contributed by atoms with E-state index in [-0.39, 0.29) is 28.3 Å². The van der Waals surface area contributed by atoms with Crippen molar-refractivity contribution in [3.05, 3.63) is 147 Å². The number of aromatic nitrogens is 2. The third kappa shape index (κ3) is 10.7. The van der Waals surface area contributed by atoms with Crippen molar-refractivity contribution in [2.45, 2.75) is 107 Å². The number of carbonyl (C=O) groups excluding carboxylic acids is 1. The molecule has 4 aliphatic rings. The summed E-state index contributed by atoms with van der Waals surface area (Å²) in [4.78, 5) is 40.7. The third-order valence-electron chi connectivity index (χ3n) is 16.7. The molecule has 2 saturated carbocycles. The van der Waals surface area contributed by atoms with E-state index in [1.165, 1.54) is 38.9 Å². The number of aromatic amines is 1. The minimum absolute atomic E-state index is 0.0248. The first-order valence-electron chi connectivity index (χ1n) is 26.4. The second kappa shape index (κ2) is 20.6. The van der Waals surface area contributed by atoms with Gasteiger partial charge in [-0.05, 0) is 152 Å². The molecule has 11 rings (SSSR count). The van der Waals surface area contributed by atoms with Crippen LogP contribution in [0.5, 0.6) is 11.5 Å². The molecule has 4 aromatic carbocycles. The summed E-state index contributed by atoms with van der Waals surface area (Å²) < 4.78 is 37.7. The summed E-state index contributed by atoms with van der Waals surface area (Å²) in [5.74, 6) is 0.189. The van der Waals surface area contributed by atoms with Crippen LogP contribution in [0.2, 0.25) is 0 Å². The number of benzene rings is 4. The highest BCUT2D eigenvalue weighted by Crippen LogP contribution is 2.53. The molecule has 7 aromatic rings. The van der Waals surface area contributed by atoms with Crippen molar-refractivity contribution in [1.82, 2.24) is 24.5 Å². The molecule has 1 atom stereocenters. The number of hydrogen-bond donors (Lipinski definition) is 4. The van der Waals surface area contributed by atoms with Gasteiger partial charge in [-0.25, -0.2) is 18.1 Å². The number of amides is 1. The summed E-state index contributed by atoms with van der Waals surface area (Å²) in [6, 6.07) is 31.3. The smallest absolute Gasteiger partial charge is 0.293 e. The Bertz CT molecular complexity index is 3350. The minimum Gasteiger partial charge on any atom is -0.455 e. The lowest BCUT2D eigenvalue weighted by Gasteiger charge is -2.58. The number of piperidine rings is 1. The Labute approximate surface area is 442 Å². The van der Waals surface area contributed by atoms with Crippen LogP contribution in [0.1, 0.15) is 111 Å². The molecule has 1 spiro atoms. The van der Waals surface area contributed by atoms with Gasteiger partial charge in [-0.15, -0.1) is 11.3 Å². The Balaban J connectivity index is 0.783. The van der Waals surface area contributed by atoms with Crippen LogP contribution >= 0.6 is 11.3 Å². The van der Waals surface area contributed by atoms with Crippen LogP contribution < -0.4 is 19.7 Å². The van der Waals surface area contributed by atoms with Gasteiger partial charge in [-0.2, -0.15) is 0 Å². The van der Waals surface area contributed by atoms with E-state index in [1.54, 1.807) is 30.6 Å². The normalized spacial score (nSPS) is 21.6. The molecule has 2 aliphatic carbocycles. The van der Waals surface area contributed by atoms with Crippen molar-refractivity contribution in [3.8, 4) is 11.5 Å². The SMILES string of the molecule is CC(C)c1ccccc1C1CN(Cc2cccc3sccc23)CCN1C1CC2(CCN(c3ccc(C(=O)NS(=O)(=O)c4ccc(NCC5CCC(C)(O)CC5)c([N+](=O)[O-])c4)c(Oc4cnc5[nH]ccc5c4)c3)CC2)C1. The fraction of sp³-hybridized carbons (Fsp3) is 0.414. The molecule has 75 heavy (non-hydrogen) atoms. The molecule has 1 amide bonds. The molecule has 5 heterocycles. The number of fused-ring (bicyclic) bond motifs is 2. The lowest BCUT2D eigenvalue weighted by Crippen LogP contribution is -2.60. The van der Waals surface area contributed by atoms with E-state index in [0.29, 0.717) is 48.8 Å². The second-order valence-electron chi connectivity index (χ2n) is 22.1. The van der Waals surface area contributed by atoms with Crippen molar-refractivity contribution < 1.29 is 28.0 Å². The Kier molecular flexibility index (Phi) is 14.0. The summed E-state index contributed by atoms with van der Waals surface area (Å²) in [6.45, 7) is 12.5. The van der Waals surface area contributed by atoms with E-state index in [0.717, 1.165) is 94.9 Å². The summed E-state index contributed by atoms with van der Waals surface area (Å²) in [5.41, 5.74) is 5.04. The van der Waals surface area contributed by atoms with Gasteiger partial charge in [0.2, 0.25) is 0 Å². The number of piperazine rings is 1. The largest absolute Gasteiger partial charge is 0.455 e. The summed E-state index contributed by atoms with van der Waals surface area (Å²) >= 11 is 1.81. The van der Waals surface area contributed by atoms with Crippen LogP contribution in [0.3, 0.4) is 0 Å². The van der Waals surface area contributed by atoms with Gasteiger partial charge in [0.1, 0.15) is 22.8 Å². The number of nitro groups is 1. The van der Waals surface area contributed by atoms with Crippen LogP contribution in [0, 0.1) is 21.4 Å². The van der Waals surface area contributed by atoms with Crippen molar-refractivity contribution in [1.29, 1.82) is 0 Å². The van der Waals surface area contributed by atoms with Crippen molar-refractivity contribution in [2.24, 2.45) is 11.3 Å². The molecule has 2 saturated heterocycles. The maximum atomic E-state index is 14.1. The zero-order valence-electron chi connectivity index (χ0n) is 42.8. The van der Waals surface area contributed by atoms with Gasteiger partial charge in [0, 0.05) is 92.0 Å². The van der Waals surface area contributed by atoms with Crippen LogP contribution in [-0.2, 0) is 16.6 Å². The van der Waals surface area contributed by atoms with Crippen molar-refractivity contribution >= 4 is 65.4 Å². The lowest BCUT2D eigenvalue weighted by molar-refractivity contribution is -0.384. The summed E-state index contributed by atoms with van der Waals surface area (Å²) in [5, 5.41) is 30.1. The van der Waals surface area contributed by atoms with Gasteiger partial charge >= 0.3 is 0 Å². The first-order valence-corrected chi connectivity index (χ1v) is 28.8. The van der Waals surface area contributed by atoms with Crippen LogP contribution in [0.15, 0.2) is 120 Å². The highest BCUT2D eigenvalue weighted by atomic mass is 32.2. The average Bonchev–Trinajstić information content (AvgIpc) is 4.09. The number of pyridine rings is 1. The topological polar surface area (TPSA) is 186 Å². The molecule has 4 N–H and O–H groups in total. The molecular weight excluding hydrogens is 985 g/mol. The summed E-state index contributed by atoms with van der Waals surface area (Å²) in [6.07, 6.45) is 10.5. The predicted octanol–water partition coefficient (Wildman–Crippen LogP) is 11.4. The molecule has 15 nitrogen and oxygen atoms in total. The maximum absolute atomic E-state index is 14.1. The number of nitrogens with zero attached hydrogens (tertiary/aromatic N) is 5. The average molecular weight is 1050 g/mol. The number of carbonyl (C=O) groups is 1. The maximum Gasteiger partial charge on any atom is 0.293 e. The Morgan fingerprint density at radius 3 is 2.55 bits per heavy atom. The molecule has 17 heteroatoms. The van der Waals surface area contributed by atoms with E-state index < -0.39 is 37.0 Å². The molecule has 392 valence electrons. The lowest BCUT2D eigenvalue weighted by atomic mass is 9.59. The van der Waals surface area contributed by atoms with Gasteiger partial charge in [-0.1, -0.05) is 50.2 Å². The van der Waals surface area contributed by atoms with Crippen molar-refractivity contribution in [2.75, 3.05) is 49.5 Å². The van der Waals surface area contributed by atoms with Gasteiger partial charge < -0.3 is 25.0 Å². The first-order chi connectivity index (χ1) is 36.1. The van der Waals surface area contributed by atoms with Gasteiger partial charge in [0.25, 0.3) is 21.6 Å². The predicted molar refractivity (Wildman–Crippen MR) is 295 cm³/mol. The number of sulfonamides is 1. The Morgan fingerprint density at radius 2 is 1.76 bits per heavy atom. The highest BCUT2D eigenvalue weighted by molar-refractivity contribution is 7.90. The van der Waals surface area contributed by atoms with E-state index in [1.807, 2.05) is 30.4 Å². The molecular formula is C58H66N8O7S2. The van der Waals surface area contributed by atoms with Crippen LogP contribution in [-0.4, -0.2) is 95.0 Å². The number of nitrogens with one attached hydrogen (secondary N) is 3. The molecule has 3 aromatic heterocycles. The number of rotatable bonds is 15. The van der Waals surface area contributed by atoms with Crippen LogP contribution in [0.25, 0.3) is 21.1 Å². The minimum atomic E-state index is -4.59. The Morgan fingerprint density at radius 1 is 0.960 bits per heavy atom. The highest BCUT2D eigenvalue weighted by Gasteiger charge is 2.50. The zero-order chi connectivity index (χ0) is 52.1. The Hall–Kier alpha value is -6.37. The van der Waals surface area contributed by atoms with E-state index >= 15 is 0 Å². The fourth-order valence-corrected chi connectivity index (χ4v) is 14.2. The molecule has 0 radical (unpaired) electrons. The van der Waals surface area contributed by atoms with Gasteiger partial charge in [-0.3, -0.25) is 24.7 Å². The number of hydrogen-bond acceptors (Lipinski definition) is 13. The number of nitro benzene ring substituents is 1. The molecule has 1 unspecified atom stereocenters. The monoisotopic (exact) mass is 1050 g/mol. The number of anilines is 2. The first kappa shape index (κ1) is 50.8. The zero-order valence-corrected chi connectivity index (χ0v) is 44.5. The summed E-state index contributed by atoms with van der Waals surface area (Å²) in [7, 11) is -4.59. The van der Waals surface area contributed by atoms with Gasteiger partial charge in [0.05, 0.1) is 27.2 Å². The molecule has 2 aliphatic heterocycles. The standard InChI is InChI=1S/C58H66N8O7S2/c1-38(2)46-8-4-5-9-48(46)52-37-63(36-41-7-6-10-54-47(41)18-28-74-54)26-27-65(52)43-32-58(33-43)21-24-64(25-22-58)42-11-13-49(53(30-42)73-44-29-40-17-23-59-55(40)61-35-44)56(67)62-75(71,72)45-12-14-50(51(31-45)66(69)70)60-34-39-15-19-57(3,68)20-16-39/h4-14,17-18,23,28-31,35,38-39,43,52,60,68H,15-16,19-22,24-27,32-34,36-37H2,1-3H3,(H,59,61)(H,62,67). The number of aliphatic hydroxyl groups is 1. The van der Waals surface area contributed by atoms with Crippen molar-refractivity contribution in [3.63, 3.8) is 0 Å². The third-order valence-corrected chi connectivity index (χ3v) is 18.9. The second-order valence-corrected chi connectivity index (χ2v) is 24.8. The molecule has 0 bridgehead atoms. The van der Waals surface area contributed by atoms with Crippen LogP contribution in [0.4, 0.5) is 17.1 Å². The number of thiophene rings is 1.